The van der Waals surface area contributed by atoms with Gasteiger partial charge in [-0.15, -0.1) is 11.3 Å². The van der Waals surface area contributed by atoms with Gasteiger partial charge in [-0.05, 0) is 29.7 Å². The van der Waals surface area contributed by atoms with Gasteiger partial charge in [0.25, 0.3) is 0 Å². The van der Waals surface area contributed by atoms with Gasteiger partial charge >= 0.3 is 0 Å². The highest BCUT2D eigenvalue weighted by Gasteiger charge is 2.21. The Morgan fingerprint density at radius 2 is 1.96 bits per heavy atom. The fourth-order valence-electron chi connectivity index (χ4n) is 3.15. The summed E-state index contributed by atoms with van der Waals surface area (Å²) < 4.78 is 10.9. The van der Waals surface area contributed by atoms with E-state index in [1.807, 2.05) is 26.0 Å². The van der Waals surface area contributed by atoms with Crippen LogP contribution < -0.4 is 19.7 Å². The van der Waals surface area contributed by atoms with Crippen LogP contribution in [0.5, 0.6) is 11.5 Å². The molecule has 0 bridgehead atoms. The molecule has 0 amide bonds. The summed E-state index contributed by atoms with van der Waals surface area (Å²) in [5, 5.41) is 6.53. The van der Waals surface area contributed by atoms with Gasteiger partial charge in [-0.1, -0.05) is 0 Å². The topological polar surface area (TPSA) is 62.2 Å². The molecule has 0 atom stereocenters. The molecule has 146 valence electrons. The van der Waals surface area contributed by atoms with Crippen molar-refractivity contribution in [1.29, 1.82) is 0 Å². The Kier molecular flexibility index (Phi) is 6.05. The second-order valence-corrected chi connectivity index (χ2v) is 7.40. The minimum absolute atomic E-state index is 0.659. The number of fused-ring (bicyclic) bond motifs is 1. The Labute approximate surface area is 164 Å². The molecule has 0 spiro atoms. The Bertz CT molecular complexity index is 818. The SMILES string of the molecule is CN=C(NCc1csc(N(C)C)n1)N1CCc2cc(OC)c(OC)cc2C1. The van der Waals surface area contributed by atoms with Gasteiger partial charge in [0.2, 0.25) is 0 Å². The van der Waals surface area contributed by atoms with Gasteiger partial charge in [0, 0.05) is 39.6 Å². The number of rotatable bonds is 5. The third-order valence-electron chi connectivity index (χ3n) is 4.58. The zero-order chi connectivity index (χ0) is 19.4. The van der Waals surface area contributed by atoms with Gasteiger partial charge in [-0.2, -0.15) is 0 Å². The third kappa shape index (κ3) is 4.27. The maximum Gasteiger partial charge on any atom is 0.194 e. The minimum Gasteiger partial charge on any atom is -0.493 e. The lowest BCUT2D eigenvalue weighted by atomic mass is 9.99. The molecule has 1 aliphatic heterocycles. The zero-order valence-corrected chi connectivity index (χ0v) is 17.4. The van der Waals surface area contributed by atoms with E-state index in [1.165, 1.54) is 11.1 Å². The summed E-state index contributed by atoms with van der Waals surface area (Å²) in [6.45, 7) is 2.35. The molecule has 1 N–H and O–H groups in total. The predicted octanol–water partition coefficient (Wildman–Crippen LogP) is 2.36. The molecule has 1 aromatic heterocycles. The summed E-state index contributed by atoms with van der Waals surface area (Å²) in [6, 6.07) is 4.15. The first kappa shape index (κ1) is 19.3. The van der Waals surface area contributed by atoms with Crippen LogP contribution in [-0.4, -0.2) is 57.8 Å². The van der Waals surface area contributed by atoms with E-state index in [9.17, 15) is 0 Å². The van der Waals surface area contributed by atoms with Crippen LogP contribution >= 0.6 is 11.3 Å². The molecule has 2 heterocycles. The molecule has 0 aliphatic carbocycles. The summed E-state index contributed by atoms with van der Waals surface area (Å²) in [7, 11) is 9.16. The summed E-state index contributed by atoms with van der Waals surface area (Å²) >= 11 is 1.65. The number of nitrogens with zero attached hydrogens (tertiary/aromatic N) is 4. The van der Waals surface area contributed by atoms with Crippen LogP contribution in [0.25, 0.3) is 0 Å². The molecule has 0 saturated heterocycles. The number of anilines is 1. The predicted molar refractivity (Wildman–Crippen MR) is 110 cm³/mol. The average Bonchev–Trinajstić information content (AvgIpc) is 3.16. The highest BCUT2D eigenvalue weighted by molar-refractivity contribution is 7.13. The molecule has 3 rings (SSSR count). The number of aromatic nitrogens is 1. The van der Waals surface area contributed by atoms with E-state index < -0.39 is 0 Å². The van der Waals surface area contributed by atoms with E-state index in [4.69, 9.17) is 9.47 Å². The van der Waals surface area contributed by atoms with Gasteiger partial charge in [-0.25, -0.2) is 4.98 Å². The van der Waals surface area contributed by atoms with Crippen molar-refractivity contribution in [2.75, 3.05) is 46.8 Å². The van der Waals surface area contributed by atoms with Crippen LogP contribution in [0, 0.1) is 0 Å². The van der Waals surface area contributed by atoms with Crippen LogP contribution in [-0.2, 0) is 19.5 Å². The number of thiazole rings is 1. The molecule has 2 aromatic rings. The minimum atomic E-state index is 0.659. The van der Waals surface area contributed by atoms with E-state index in [0.29, 0.717) is 6.54 Å². The number of hydrogen-bond donors (Lipinski definition) is 1. The first-order chi connectivity index (χ1) is 13.0. The van der Waals surface area contributed by atoms with Gasteiger partial charge in [-0.3, -0.25) is 4.99 Å². The van der Waals surface area contributed by atoms with Gasteiger partial charge in [0.15, 0.2) is 22.6 Å². The average molecular weight is 390 g/mol. The maximum absolute atomic E-state index is 5.45. The van der Waals surface area contributed by atoms with E-state index in [2.05, 4.69) is 37.7 Å². The monoisotopic (exact) mass is 389 g/mol. The number of guanidine groups is 1. The van der Waals surface area contributed by atoms with Crippen LogP contribution in [0.15, 0.2) is 22.5 Å². The van der Waals surface area contributed by atoms with Gasteiger partial charge in [0.1, 0.15) is 0 Å². The van der Waals surface area contributed by atoms with Crippen LogP contribution in [0.4, 0.5) is 5.13 Å². The summed E-state index contributed by atoms with van der Waals surface area (Å²) in [4.78, 5) is 13.4. The number of hydrogen-bond acceptors (Lipinski definition) is 6. The molecule has 0 saturated carbocycles. The van der Waals surface area contributed by atoms with Gasteiger partial charge < -0.3 is 24.6 Å². The summed E-state index contributed by atoms with van der Waals surface area (Å²) in [5.74, 6) is 2.43. The van der Waals surface area contributed by atoms with Crippen LogP contribution in [0.1, 0.15) is 16.8 Å². The molecular formula is C19H27N5O2S. The fourth-order valence-corrected chi connectivity index (χ4v) is 3.91. The number of nitrogens with one attached hydrogen (secondary N) is 1. The lowest BCUT2D eigenvalue weighted by Gasteiger charge is -2.32. The summed E-state index contributed by atoms with van der Waals surface area (Å²) in [6.07, 6.45) is 0.942. The van der Waals surface area contributed by atoms with Crippen molar-refractivity contribution in [1.82, 2.24) is 15.2 Å². The van der Waals surface area contributed by atoms with Crippen molar-refractivity contribution in [3.05, 3.63) is 34.3 Å². The smallest absolute Gasteiger partial charge is 0.194 e. The lowest BCUT2D eigenvalue weighted by molar-refractivity contribution is 0.346. The molecule has 8 heteroatoms. The Morgan fingerprint density at radius 3 is 2.56 bits per heavy atom. The van der Waals surface area contributed by atoms with Crippen molar-refractivity contribution in [2.45, 2.75) is 19.5 Å². The van der Waals surface area contributed by atoms with E-state index in [-0.39, 0.29) is 0 Å². The first-order valence-electron chi connectivity index (χ1n) is 8.86. The van der Waals surface area contributed by atoms with E-state index in [0.717, 1.165) is 47.8 Å². The fraction of sp³-hybridized carbons (Fsp3) is 0.474. The second kappa shape index (κ2) is 8.47. The van der Waals surface area contributed by atoms with Crippen molar-refractivity contribution >= 4 is 22.4 Å². The van der Waals surface area contributed by atoms with Crippen molar-refractivity contribution in [3.8, 4) is 11.5 Å². The highest BCUT2D eigenvalue weighted by atomic mass is 32.1. The number of methoxy groups -OCH3 is 2. The molecule has 0 radical (unpaired) electrons. The largest absolute Gasteiger partial charge is 0.493 e. The van der Waals surface area contributed by atoms with Crippen LogP contribution in [0.3, 0.4) is 0 Å². The van der Waals surface area contributed by atoms with E-state index in [1.54, 1.807) is 25.6 Å². The first-order valence-corrected chi connectivity index (χ1v) is 9.74. The highest BCUT2D eigenvalue weighted by Crippen LogP contribution is 2.33. The summed E-state index contributed by atoms with van der Waals surface area (Å²) in [5.41, 5.74) is 3.56. The molecule has 1 aliphatic rings. The molecule has 7 nitrogen and oxygen atoms in total. The quantitative estimate of drug-likeness (QED) is 0.626. The number of ether oxygens (including phenoxy) is 2. The van der Waals surface area contributed by atoms with Crippen LogP contribution in [0.2, 0.25) is 0 Å². The van der Waals surface area contributed by atoms with Gasteiger partial charge in [0.05, 0.1) is 26.5 Å². The third-order valence-corrected chi connectivity index (χ3v) is 5.64. The molecule has 0 unspecified atom stereocenters. The standard InChI is InChI=1S/C19H27N5O2S/c1-20-18(21-10-15-12-27-19(22-15)23(2)3)24-7-6-13-8-16(25-4)17(26-5)9-14(13)11-24/h8-9,12H,6-7,10-11H2,1-5H3,(H,20,21). The van der Waals surface area contributed by atoms with Crippen molar-refractivity contribution in [2.24, 2.45) is 4.99 Å². The zero-order valence-electron chi connectivity index (χ0n) is 16.6. The number of benzene rings is 1. The molecule has 0 fully saturated rings. The molecular weight excluding hydrogens is 362 g/mol. The van der Waals surface area contributed by atoms with E-state index >= 15 is 0 Å². The van der Waals surface area contributed by atoms with Crippen molar-refractivity contribution in [3.63, 3.8) is 0 Å². The lowest BCUT2D eigenvalue weighted by Crippen LogP contribution is -2.43. The Balaban J connectivity index is 1.68. The Morgan fingerprint density at radius 1 is 1.26 bits per heavy atom. The molecule has 1 aromatic carbocycles. The normalized spacial score (nSPS) is 14.0. The Hall–Kier alpha value is -2.48. The van der Waals surface area contributed by atoms with Crippen molar-refractivity contribution < 1.29 is 9.47 Å². The maximum atomic E-state index is 5.45. The molecule has 27 heavy (non-hydrogen) atoms. The number of aliphatic imine (C=N–C) groups is 1. The second-order valence-electron chi connectivity index (χ2n) is 6.56.